The van der Waals surface area contributed by atoms with Crippen LogP contribution in [0.3, 0.4) is 0 Å². The van der Waals surface area contributed by atoms with E-state index in [1.807, 2.05) is 0 Å². The Hall–Kier alpha value is -2.13. The molecule has 118 valence electrons. The van der Waals surface area contributed by atoms with Crippen LogP contribution in [0.2, 0.25) is 0 Å². The Kier molecular flexibility index (Phi) is 3.88. The number of nitrogens with one attached hydrogen (secondary N) is 1. The first kappa shape index (κ1) is 14.5. The molecule has 1 fully saturated rings. The van der Waals surface area contributed by atoms with E-state index in [4.69, 9.17) is 4.98 Å². The first-order valence-corrected chi connectivity index (χ1v) is 8.54. The first-order valence-electron chi connectivity index (χ1n) is 8.54. The summed E-state index contributed by atoms with van der Waals surface area (Å²) in [5.41, 5.74) is 4.83. The molecule has 23 heavy (non-hydrogen) atoms. The first-order chi connectivity index (χ1) is 11.3. The van der Waals surface area contributed by atoms with Crippen LogP contribution in [0.25, 0.3) is 22.4 Å². The van der Waals surface area contributed by atoms with Gasteiger partial charge in [-0.15, -0.1) is 0 Å². The third-order valence-electron chi connectivity index (χ3n) is 4.77. The van der Waals surface area contributed by atoms with Crippen LogP contribution in [0.4, 0.5) is 0 Å². The van der Waals surface area contributed by atoms with Gasteiger partial charge in [0.2, 0.25) is 0 Å². The van der Waals surface area contributed by atoms with E-state index < -0.39 is 0 Å². The van der Waals surface area contributed by atoms with Crippen LogP contribution in [-0.4, -0.2) is 22.6 Å². The minimum atomic E-state index is 0.685. The molecule has 1 N–H and O–H groups in total. The van der Waals surface area contributed by atoms with Crippen molar-refractivity contribution in [3.8, 4) is 11.4 Å². The van der Waals surface area contributed by atoms with Gasteiger partial charge in [-0.25, -0.2) is 4.98 Å². The monoisotopic (exact) mass is 305 g/mol. The third-order valence-corrected chi connectivity index (χ3v) is 4.77. The molecule has 3 heteroatoms. The van der Waals surface area contributed by atoms with Gasteiger partial charge in [-0.05, 0) is 57.0 Å². The average Bonchev–Trinajstić information content (AvgIpc) is 2.95. The molecule has 4 rings (SSSR count). The van der Waals surface area contributed by atoms with E-state index in [-0.39, 0.29) is 0 Å². The Morgan fingerprint density at radius 2 is 2.09 bits per heavy atom. The van der Waals surface area contributed by atoms with Gasteiger partial charge >= 0.3 is 0 Å². The van der Waals surface area contributed by atoms with Crippen molar-refractivity contribution in [2.45, 2.75) is 26.3 Å². The van der Waals surface area contributed by atoms with E-state index in [0.717, 1.165) is 31.0 Å². The Balaban J connectivity index is 1.80. The Morgan fingerprint density at radius 3 is 2.91 bits per heavy atom. The van der Waals surface area contributed by atoms with Gasteiger partial charge in [0.05, 0.1) is 11.0 Å². The second-order valence-corrected chi connectivity index (χ2v) is 6.62. The summed E-state index contributed by atoms with van der Waals surface area (Å²) in [7, 11) is 0. The lowest BCUT2D eigenvalue weighted by Crippen LogP contribution is -2.32. The molecule has 1 aliphatic rings. The van der Waals surface area contributed by atoms with Crippen molar-refractivity contribution in [3.05, 3.63) is 54.1 Å². The lowest BCUT2D eigenvalue weighted by Gasteiger charge is -2.24. The molecule has 0 amide bonds. The van der Waals surface area contributed by atoms with Gasteiger partial charge in [-0.1, -0.05) is 35.9 Å². The second-order valence-electron chi connectivity index (χ2n) is 6.62. The number of piperidine rings is 1. The predicted octanol–water partition coefficient (Wildman–Crippen LogP) is 4.01. The molecule has 3 nitrogen and oxygen atoms in total. The fourth-order valence-electron chi connectivity index (χ4n) is 3.60. The molecule has 1 saturated heterocycles. The largest absolute Gasteiger partial charge is 0.324 e. The van der Waals surface area contributed by atoms with Crippen LogP contribution in [0.5, 0.6) is 0 Å². The summed E-state index contributed by atoms with van der Waals surface area (Å²) in [6, 6.07) is 17.2. The number of aryl methyl sites for hydroxylation is 1. The lowest BCUT2D eigenvalue weighted by molar-refractivity contribution is 0.341. The third kappa shape index (κ3) is 2.89. The standard InChI is InChI=1S/C20H23N3/c1-15-6-4-8-17(12-15)20-22-18-9-2-3-10-19(18)23(20)14-16-7-5-11-21-13-16/h2-4,6,8-10,12,16,21H,5,7,11,13-14H2,1H3. The predicted molar refractivity (Wildman–Crippen MR) is 95.5 cm³/mol. The topological polar surface area (TPSA) is 29.9 Å². The maximum Gasteiger partial charge on any atom is 0.141 e. The molecule has 0 saturated carbocycles. The smallest absolute Gasteiger partial charge is 0.141 e. The van der Waals surface area contributed by atoms with Crippen molar-refractivity contribution >= 4 is 11.0 Å². The maximum absolute atomic E-state index is 4.93. The van der Waals surface area contributed by atoms with E-state index in [9.17, 15) is 0 Å². The highest BCUT2D eigenvalue weighted by Gasteiger charge is 2.18. The Labute approximate surface area is 137 Å². The summed E-state index contributed by atoms with van der Waals surface area (Å²) in [6.45, 7) is 5.45. The molecule has 0 radical (unpaired) electrons. The van der Waals surface area contributed by atoms with Crippen molar-refractivity contribution in [1.29, 1.82) is 0 Å². The summed E-state index contributed by atoms with van der Waals surface area (Å²) in [6.07, 6.45) is 2.57. The van der Waals surface area contributed by atoms with E-state index in [1.54, 1.807) is 0 Å². The Morgan fingerprint density at radius 1 is 1.17 bits per heavy atom. The molecular formula is C20H23N3. The zero-order valence-electron chi connectivity index (χ0n) is 13.6. The fraction of sp³-hybridized carbons (Fsp3) is 0.350. The molecule has 2 heterocycles. The summed E-state index contributed by atoms with van der Waals surface area (Å²) in [4.78, 5) is 4.93. The zero-order chi connectivity index (χ0) is 15.6. The molecule has 0 bridgehead atoms. The molecule has 2 aromatic carbocycles. The average molecular weight is 305 g/mol. The van der Waals surface area contributed by atoms with Crippen LogP contribution < -0.4 is 5.32 Å². The number of nitrogens with zero attached hydrogens (tertiary/aromatic N) is 2. The second kappa shape index (κ2) is 6.17. The molecule has 0 aliphatic carbocycles. The number of para-hydroxylation sites is 2. The minimum Gasteiger partial charge on any atom is -0.324 e. The summed E-state index contributed by atoms with van der Waals surface area (Å²) in [5, 5.41) is 3.53. The quantitative estimate of drug-likeness (QED) is 0.792. The minimum absolute atomic E-state index is 0.685. The van der Waals surface area contributed by atoms with Crippen molar-refractivity contribution in [3.63, 3.8) is 0 Å². The number of benzene rings is 2. The van der Waals surface area contributed by atoms with E-state index in [0.29, 0.717) is 5.92 Å². The number of rotatable bonds is 3. The van der Waals surface area contributed by atoms with Gasteiger partial charge in [-0.3, -0.25) is 0 Å². The number of fused-ring (bicyclic) bond motifs is 1. The molecule has 3 aromatic rings. The molecule has 1 aromatic heterocycles. The van der Waals surface area contributed by atoms with Gasteiger partial charge in [0.25, 0.3) is 0 Å². The van der Waals surface area contributed by atoms with Crippen LogP contribution in [0.15, 0.2) is 48.5 Å². The molecule has 1 atom stereocenters. The number of aromatic nitrogens is 2. The summed E-state index contributed by atoms with van der Waals surface area (Å²) < 4.78 is 2.42. The number of hydrogen-bond acceptors (Lipinski definition) is 2. The fourth-order valence-corrected chi connectivity index (χ4v) is 3.60. The maximum atomic E-state index is 4.93. The summed E-state index contributed by atoms with van der Waals surface area (Å²) in [5.74, 6) is 1.78. The number of imidazole rings is 1. The van der Waals surface area contributed by atoms with E-state index in [1.165, 1.54) is 29.5 Å². The van der Waals surface area contributed by atoms with Gasteiger partial charge in [-0.2, -0.15) is 0 Å². The van der Waals surface area contributed by atoms with Crippen LogP contribution in [0.1, 0.15) is 18.4 Å². The van der Waals surface area contributed by atoms with Crippen LogP contribution in [-0.2, 0) is 6.54 Å². The van der Waals surface area contributed by atoms with Crippen molar-refractivity contribution in [1.82, 2.24) is 14.9 Å². The van der Waals surface area contributed by atoms with Crippen LogP contribution >= 0.6 is 0 Å². The zero-order valence-corrected chi connectivity index (χ0v) is 13.6. The van der Waals surface area contributed by atoms with Crippen molar-refractivity contribution in [2.24, 2.45) is 5.92 Å². The SMILES string of the molecule is Cc1cccc(-c2nc3ccccc3n2CC2CCCNC2)c1. The number of hydrogen-bond donors (Lipinski definition) is 1. The van der Waals surface area contributed by atoms with Gasteiger partial charge in [0, 0.05) is 12.1 Å². The molecule has 1 aliphatic heterocycles. The van der Waals surface area contributed by atoms with Gasteiger partial charge in [0.1, 0.15) is 5.82 Å². The van der Waals surface area contributed by atoms with Crippen molar-refractivity contribution < 1.29 is 0 Å². The van der Waals surface area contributed by atoms with Crippen LogP contribution in [0, 0.1) is 12.8 Å². The van der Waals surface area contributed by atoms with Crippen molar-refractivity contribution in [2.75, 3.05) is 13.1 Å². The van der Waals surface area contributed by atoms with Gasteiger partial charge in [0.15, 0.2) is 0 Å². The van der Waals surface area contributed by atoms with E-state index in [2.05, 4.69) is 65.3 Å². The van der Waals surface area contributed by atoms with E-state index >= 15 is 0 Å². The molecule has 1 unspecified atom stereocenters. The highest BCUT2D eigenvalue weighted by molar-refractivity contribution is 5.80. The lowest BCUT2D eigenvalue weighted by atomic mass is 9.99. The normalized spacial score (nSPS) is 18.4. The molecular weight excluding hydrogens is 282 g/mol. The highest BCUT2D eigenvalue weighted by Crippen LogP contribution is 2.27. The molecule has 0 spiro atoms. The Bertz CT molecular complexity index is 813. The summed E-state index contributed by atoms with van der Waals surface area (Å²) >= 11 is 0. The van der Waals surface area contributed by atoms with Gasteiger partial charge < -0.3 is 9.88 Å². The highest BCUT2D eigenvalue weighted by atomic mass is 15.1.